The van der Waals surface area contributed by atoms with Crippen LogP contribution in [0.5, 0.6) is 0 Å². The summed E-state index contributed by atoms with van der Waals surface area (Å²) < 4.78 is 5.18. The molecule has 0 unspecified atom stereocenters. The van der Waals surface area contributed by atoms with Gasteiger partial charge < -0.3 is 9.73 Å². The largest absolute Gasteiger partial charge is 0.436 e. The third kappa shape index (κ3) is 2.05. The lowest BCUT2D eigenvalue weighted by Gasteiger charge is -2.00. The smallest absolute Gasteiger partial charge is 0.294 e. The fraction of sp³-hybridized carbons (Fsp3) is 0.200. The lowest BCUT2D eigenvalue weighted by molar-refractivity contribution is 0.0994. The molecule has 2 aromatic rings. The van der Waals surface area contributed by atoms with Crippen molar-refractivity contribution in [3.8, 4) is 0 Å². The predicted molar refractivity (Wildman–Crippen MR) is 56.0 cm³/mol. The summed E-state index contributed by atoms with van der Waals surface area (Å²) in [5, 5.41) is 2.57. The van der Waals surface area contributed by atoms with Crippen LogP contribution >= 0.6 is 0 Å². The fourth-order valence-electron chi connectivity index (χ4n) is 1.28. The van der Waals surface area contributed by atoms with Gasteiger partial charge in [-0.3, -0.25) is 9.78 Å². The molecule has 0 aliphatic carbocycles. The minimum Gasteiger partial charge on any atom is -0.436 e. The number of nitrogens with one attached hydrogen (secondary N) is 1. The molecule has 0 saturated carbocycles. The van der Waals surface area contributed by atoms with Gasteiger partial charge in [0.25, 0.3) is 5.91 Å². The molecule has 2 rings (SSSR count). The summed E-state index contributed by atoms with van der Waals surface area (Å²) in [4.78, 5) is 23.5. The van der Waals surface area contributed by atoms with E-state index in [-0.39, 0.29) is 11.7 Å². The highest BCUT2D eigenvalue weighted by Crippen LogP contribution is 2.11. The van der Waals surface area contributed by atoms with Gasteiger partial charge in [0.05, 0.1) is 11.9 Å². The highest BCUT2D eigenvalue weighted by molar-refractivity contribution is 6.02. The van der Waals surface area contributed by atoms with E-state index in [0.29, 0.717) is 17.4 Å². The number of amides is 1. The number of anilines is 1. The van der Waals surface area contributed by atoms with E-state index in [9.17, 15) is 4.79 Å². The van der Waals surface area contributed by atoms with Crippen LogP contribution in [0, 0.1) is 13.8 Å². The molecule has 6 heteroatoms. The van der Waals surface area contributed by atoms with Gasteiger partial charge in [-0.1, -0.05) is 0 Å². The summed E-state index contributed by atoms with van der Waals surface area (Å²) >= 11 is 0. The van der Waals surface area contributed by atoms with Crippen molar-refractivity contribution < 1.29 is 9.21 Å². The summed E-state index contributed by atoms with van der Waals surface area (Å²) in [7, 11) is 0. The number of aromatic nitrogens is 3. The highest BCUT2D eigenvalue weighted by atomic mass is 16.4. The van der Waals surface area contributed by atoms with Gasteiger partial charge in [-0.25, -0.2) is 9.97 Å². The molecule has 1 amide bonds. The molecular formula is C10H10N4O2. The van der Waals surface area contributed by atoms with Crippen molar-refractivity contribution >= 4 is 11.7 Å². The third-order valence-corrected chi connectivity index (χ3v) is 1.91. The van der Waals surface area contributed by atoms with E-state index in [1.165, 1.54) is 18.6 Å². The first kappa shape index (κ1) is 10.3. The van der Waals surface area contributed by atoms with Gasteiger partial charge in [-0.15, -0.1) is 0 Å². The first-order valence-corrected chi connectivity index (χ1v) is 4.68. The average molecular weight is 218 g/mol. The molecule has 2 heterocycles. The second-order valence-corrected chi connectivity index (χ2v) is 3.19. The van der Waals surface area contributed by atoms with E-state index in [1.54, 1.807) is 13.8 Å². The van der Waals surface area contributed by atoms with Crippen molar-refractivity contribution in [2.45, 2.75) is 13.8 Å². The Kier molecular flexibility index (Phi) is 2.63. The monoisotopic (exact) mass is 218 g/mol. The standard InChI is InChI=1S/C10H10N4O2/c1-6-9(16-7(2)13-6)10(15)14-8-5-11-3-4-12-8/h3-5H,1-2H3,(H,12,14,15). The number of carbonyl (C=O) groups is 1. The van der Waals surface area contributed by atoms with Crippen LogP contribution in [0.3, 0.4) is 0 Å². The van der Waals surface area contributed by atoms with Crippen LogP contribution < -0.4 is 5.32 Å². The summed E-state index contributed by atoms with van der Waals surface area (Å²) in [5.74, 6) is 0.657. The zero-order valence-corrected chi connectivity index (χ0v) is 8.89. The maximum absolute atomic E-state index is 11.7. The predicted octanol–water partition coefficient (Wildman–Crippen LogP) is 1.33. The topological polar surface area (TPSA) is 80.9 Å². The number of rotatable bonds is 2. The third-order valence-electron chi connectivity index (χ3n) is 1.91. The van der Waals surface area contributed by atoms with Gasteiger partial charge in [0.15, 0.2) is 11.7 Å². The summed E-state index contributed by atoms with van der Waals surface area (Å²) in [5.41, 5.74) is 0.555. The lowest BCUT2D eigenvalue weighted by atomic mass is 10.3. The Hall–Kier alpha value is -2.24. The minimum atomic E-state index is -0.376. The summed E-state index contributed by atoms with van der Waals surface area (Å²) in [6.07, 6.45) is 4.48. The Bertz CT molecular complexity index is 507. The van der Waals surface area contributed by atoms with Gasteiger partial charge in [-0.2, -0.15) is 0 Å². The summed E-state index contributed by atoms with van der Waals surface area (Å²) in [6, 6.07) is 0. The maximum atomic E-state index is 11.7. The summed E-state index contributed by atoms with van der Waals surface area (Å²) in [6.45, 7) is 3.40. The number of hydrogen-bond acceptors (Lipinski definition) is 5. The lowest BCUT2D eigenvalue weighted by Crippen LogP contribution is -2.13. The average Bonchev–Trinajstić information content (AvgIpc) is 2.59. The first-order valence-electron chi connectivity index (χ1n) is 4.68. The SMILES string of the molecule is Cc1nc(C)c(C(=O)Nc2cnccn2)o1. The molecule has 6 nitrogen and oxygen atoms in total. The van der Waals surface area contributed by atoms with Gasteiger partial charge in [0, 0.05) is 19.3 Å². The van der Waals surface area contributed by atoms with E-state index in [4.69, 9.17) is 4.42 Å². The van der Waals surface area contributed by atoms with Crippen molar-refractivity contribution in [2.75, 3.05) is 5.32 Å². The van der Waals surface area contributed by atoms with E-state index in [2.05, 4.69) is 20.3 Å². The number of aryl methyl sites for hydroxylation is 2. The Labute approximate surface area is 91.7 Å². The first-order chi connectivity index (χ1) is 7.66. The molecule has 0 atom stereocenters. The minimum absolute atomic E-state index is 0.197. The van der Waals surface area contributed by atoms with Gasteiger partial charge >= 0.3 is 0 Å². The fourth-order valence-corrected chi connectivity index (χ4v) is 1.28. The highest BCUT2D eigenvalue weighted by Gasteiger charge is 2.16. The van der Waals surface area contributed by atoms with E-state index < -0.39 is 0 Å². The normalized spacial score (nSPS) is 10.1. The van der Waals surface area contributed by atoms with Crippen molar-refractivity contribution in [1.82, 2.24) is 15.0 Å². The molecule has 0 spiro atoms. The molecule has 0 aliphatic heterocycles. The molecular weight excluding hydrogens is 208 g/mol. The van der Waals surface area contributed by atoms with Crippen LogP contribution in [0.2, 0.25) is 0 Å². The molecule has 0 aliphatic rings. The van der Waals surface area contributed by atoms with Crippen molar-refractivity contribution in [1.29, 1.82) is 0 Å². The quantitative estimate of drug-likeness (QED) is 0.822. The number of hydrogen-bond donors (Lipinski definition) is 1. The van der Waals surface area contributed by atoms with Crippen molar-refractivity contribution in [3.05, 3.63) is 35.9 Å². The number of carbonyl (C=O) groups excluding carboxylic acids is 1. The van der Waals surface area contributed by atoms with Crippen LogP contribution in [0.25, 0.3) is 0 Å². The zero-order valence-electron chi connectivity index (χ0n) is 8.89. The van der Waals surface area contributed by atoms with Crippen LogP contribution in [0.15, 0.2) is 23.0 Å². The van der Waals surface area contributed by atoms with Crippen molar-refractivity contribution in [3.63, 3.8) is 0 Å². The zero-order chi connectivity index (χ0) is 11.5. The Morgan fingerprint density at radius 3 is 2.75 bits per heavy atom. The Morgan fingerprint density at radius 2 is 2.19 bits per heavy atom. The van der Waals surface area contributed by atoms with Crippen LogP contribution in [0.4, 0.5) is 5.82 Å². The van der Waals surface area contributed by atoms with E-state index >= 15 is 0 Å². The van der Waals surface area contributed by atoms with Crippen LogP contribution in [-0.4, -0.2) is 20.9 Å². The van der Waals surface area contributed by atoms with Gasteiger partial charge in [0.2, 0.25) is 5.76 Å². The van der Waals surface area contributed by atoms with E-state index in [0.717, 1.165) is 0 Å². The van der Waals surface area contributed by atoms with Crippen LogP contribution in [-0.2, 0) is 0 Å². The second-order valence-electron chi connectivity index (χ2n) is 3.19. The number of oxazole rings is 1. The van der Waals surface area contributed by atoms with Gasteiger partial charge in [0.1, 0.15) is 0 Å². The molecule has 0 aromatic carbocycles. The molecule has 0 fully saturated rings. The molecule has 1 N–H and O–H groups in total. The molecule has 2 aromatic heterocycles. The molecule has 0 radical (unpaired) electrons. The van der Waals surface area contributed by atoms with Gasteiger partial charge in [-0.05, 0) is 6.92 Å². The second kappa shape index (κ2) is 4.09. The van der Waals surface area contributed by atoms with Crippen LogP contribution in [0.1, 0.15) is 22.1 Å². The van der Waals surface area contributed by atoms with Crippen molar-refractivity contribution in [2.24, 2.45) is 0 Å². The molecule has 0 bridgehead atoms. The maximum Gasteiger partial charge on any atom is 0.294 e. The Balaban J connectivity index is 2.18. The van der Waals surface area contributed by atoms with E-state index in [1.807, 2.05) is 0 Å². The number of nitrogens with zero attached hydrogens (tertiary/aromatic N) is 3. The molecule has 16 heavy (non-hydrogen) atoms. The molecule has 0 saturated heterocycles. The Morgan fingerprint density at radius 1 is 1.38 bits per heavy atom. The molecule has 82 valence electrons.